The number of hydrogen-bond acceptors (Lipinski definition) is 5. The number of nitrogens with one attached hydrogen (secondary N) is 1. The summed E-state index contributed by atoms with van der Waals surface area (Å²) >= 11 is 0. The largest absolute Gasteiger partial charge is 0.381 e. The average Bonchev–Trinajstić information content (AvgIpc) is 3.31. The smallest absolute Gasteiger partial charge is 0.277 e. The molecule has 134 valence electrons. The van der Waals surface area contributed by atoms with Gasteiger partial charge in [0.05, 0.1) is 24.2 Å². The van der Waals surface area contributed by atoms with Gasteiger partial charge in [-0.2, -0.15) is 5.10 Å². The van der Waals surface area contributed by atoms with Crippen LogP contribution in [0.15, 0.2) is 42.6 Å². The van der Waals surface area contributed by atoms with Crippen molar-refractivity contribution in [3.63, 3.8) is 0 Å². The first-order chi connectivity index (χ1) is 12.7. The summed E-state index contributed by atoms with van der Waals surface area (Å²) < 4.78 is 8.73. The minimum Gasteiger partial charge on any atom is -0.381 e. The van der Waals surface area contributed by atoms with Crippen molar-refractivity contribution in [2.24, 2.45) is 7.05 Å². The van der Waals surface area contributed by atoms with Gasteiger partial charge in [-0.1, -0.05) is 23.4 Å². The number of aryl methyl sites for hydroxylation is 1. The molecule has 1 aromatic carbocycles. The zero-order valence-corrected chi connectivity index (χ0v) is 14.5. The van der Waals surface area contributed by atoms with Gasteiger partial charge in [-0.05, 0) is 25.0 Å². The molecule has 0 aliphatic carbocycles. The van der Waals surface area contributed by atoms with Crippen LogP contribution in [0.4, 0.5) is 5.82 Å². The molecule has 3 heterocycles. The predicted molar refractivity (Wildman–Crippen MR) is 95.3 cm³/mol. The molecule has 1 amide bonds. The van der Waals surface area contributed by atoms with Gasteiger partial charge >= 0.3 is 0 Å². The first kappa shape index (κ1) is 16.5. The minimum absolute atomic E-state index is 0.275. The van der Waals surface area contributed by atoms with E-state index in [4.69, 9.17) is 4.74 Å². The Kier molecular flexibility index (Phi) is 4.49. The molecule has 0 bridgehead atoms. The monoisotopic (exact) mass is 352 g/mol. The van der Waals surface area contributed by atoms with Gasteiger partial charge < -0.3 is 10.1 Å². The highest BCUT2D eigenvalue weighted by Gasteiger charge is 2.22. The molecule has 0 saturated carbocycles. The lowest BCUT2D eigenvalue weighted by Crippen LogP contribution is -2.18. The molecule has 1 N–H and O–H groups in total. The second kappa shape index (κ2) is 7.09. The molecule has 8 nitrogen and oxygen atoms in total. The molecular formula is C18H20N6O2. The number of nitrogens with zero attached hydrogens (tertiary/aromatic N) is 5. The fourth-order valence-electron chi connectivity index (χ4n) is 3.11. The molecule has 1 aliphatic rings. The molecule has 1 unspecified atom stereocenters. The van der Waals surface area contributed by atoms with Crippen molar-refractivity contribution < 1.29 is 9.53 Å². The molecule has 1 fully saturated rings. The summed E-state index contributed by atoms with van der Waals surface area (Å²) in [7, 11) is 1.82. The van der Waals surface area contributed by atoms with Crippen molar-refractivity contribution in [2.75, 3.05) is 18.5 Å². The normalized spacial score (nSPS) is 17.2. The Morgan fingerprint density at radius 2 is 2.15 bits per heavy atom. The highest BCUT2D eigenvalue weighted by Crippen LogP contribution is 2.26. The average molecular weight is 352 g/mol. The maximum atomic E-state index is 12.7. The van der Waals surface area contributed by atoms with E-state index in [9.17, 15) is 4.79 Å². The fraction of sp³-hybridized carbons (Fsp3) is 0.333. The van der Waals surface area contributed by atoms with Crippen LogP contribution in [-0.4, -0.2) is 43.9 Å². The molecule has 1 saturated heterocycles. The van der Waals surface area contributed by atoms with Crippen LogP contribution >= 0.6 is 0 Å². The topological polar surface area (TPSA) is 86.9 Å². The van der Waals surface area contributed by atoms with Gasteiger partial charge in [0.1, 0.15) is 5.82 Å². The van der Waals surface area contributed by atoms with E-state index in [2.05, 4.69) is 20.7 Å². The van der Waals surface area contributed by atoms with E-state index in [-0.39, 0.29) is 11.8 Å². The van der Waals surface area contributed by atoms with E-state index in [1.165, 1.54) is 10.9 Å². The molecule has 1 atom stereocenters. The Morgan fingerprint density at radius 1 is 1.31 bits per heavy atom. The number of ether oxygens (including phenoxy) is 1. The van der Waals surface area contributed by atoms with Crippen molar-refractivity contribution >= 4 is 11.7 Å². The van der Waals surface area contributed by atoms with E-state index < -0.39 is 0 Å². The Bertz CT molecular complexity index is 896. The molecule has 0 radical (unpaired) electrons. The maximum absolute atomic E-state index is 12.7. The molecule has 8 heteroatoms. The minimum atomic E-state index is -0.284. The molecule has 4 rings (SSSR count). The van der Waals surface area contributed by atoms with Crippen molar-refractivity contribution in [1.82, 2.24) is 24.8 Å². The lowest BCUT2D eigenvalue weighted by molar-refractivity contribution is 0.0791. The van der Waals surface area contributed by atoms with Gasteiger partial charge in [-0.25, -0.2) is 4.68 Å². The quantitative estimate of drug-likeness (QED) is 0.777. The summed E-state index contributed by atoms with van der Waals surface area (Å²) in [4.78, 5) is 12.7. The van der Waals surface area contributed by atoms with E-state index in [0.29, 0.717) is 18.1 Å². The third kappa shape index (κ3) is 3.23. The zero-order valence-electron chi connectivity index (χ0n) is 14.5. The first-order valence-electron chi connectivity index (χ1n) is 8.61. The number of para-hydroxylation sites is 1. The molecule has 2 aromatic heterocycles. The summed E-state index contributed by atoms with van der Waals surface area (Å²) in [6.45, 7) is 1.48. The number of carbonyl (C=O) groups is 1. The van der Waals surface area contributed by atoms with Gasteiger partial charge in [-0.3, -0.25) is 9.48 Å². The zero-order chi connectivity index (χ0) is 17.9. The predicted octanol–water partition coefficient (Wildman–Crippen LogP) is 2.15. The third-order valence-corrected chi connectivity index (χ3v) is 4.50. The Balaban J connectivity index is 1.54. The maximum Gasteiger partial charge on any atom is 0.277 e. The summed E-state index contributed by atoms with van der Waals surface area (Å²) in [5.41, 5.74) is 2.08. The molecule has 0 spiro atoms. The van der Waals surface area contributed by atoms with Gasteiger partial charge in [-0.15, -0.1) is 5.10 Å². The number of amides is 1. The molecular weight excluding hydrogens is 332 g/mol. The van der Waals surface area contributed by atoms with Crippen molar-refractivity contribution in [2.45, 2.75) is 18.8 Å². The first-order valence-corrected chi connectivity index (χ1v) is 8.61. The van der Waals surface area contributed by atoms with E-state index in [0.717, 1.165) is 30.8 Å². The van der Waals surface area contributed by atoms with Crippen molar-refractivity contribution in [3.05, 3.63) is 54.0 Å². The van der Waals surface area contributed by atoms with Gasteiger partial charge in [0, 0.05) is 25.6 Å². The highest BCUT2D eigenvalue weighted by molar-refractivity contribution is 6.02. The number of hydrogen-bond donors (Lipinski definition) is 1. The Hall–Kier alpha value is -3.00. The van der Waals surface area contributed by atoms with Crippen LogP contribution in [0.3, 0.4) is 0 Å². The standard InChI is InChI=1S/C18H20N6O2/c1-23-17(10-15(21-23)13-6-5-9-26-12-13)20-18(25)16-11-19-22-24(16)14-7-3-2-4-8-14/h2-4,7-8,10-11,13H,5-6,9,12H2,1H3,(H,20,25). The number of anilines is 1. The van der Waals surface area contributed by atoms with Crippen LogP contribution in [0.2, 0.25) is 0 Å². The van der Waals surface area contributed by atoms with Gasteiger partial charge in [0.15, 0.2) is 5.69 Å². The fourth-order valence-corrected chi connectivity index (χ4v) is 3.11. The van der Waals surface area contributed by atoms with Crippen LogP contribution in [0, 0.1) is 0 Å². The lowest BCUT2D eigenvalue weighted by atomic mass is 9.99. The summed E-state index contributed by atoms with van der Waals surface area (Å²) in [6, 6.07) is 11.3. The van der Waals surface area contributed by atoms with Gasteiger partial charge in [0.25, 0.3) is 5.91 Å². The molecule has 3 aromatic rings. The van der Waals surface area contributed by atoms with Crippen molar-refractivity contribution in [3.8, 4) is 5.69 Å². The van der Waals surface area contributed by atoms with Gasteiger partial charge in [0.2, 0.25) is 0 Å². The SMILES string of the molecule is Cn1nc(C2CCCOC2)cc1NC(=O)c1cnnn1-c1ccccc1. The number of benzene rings is 1. The molecule has 26 heavy (non-hydrogen) atoms. The number of rotatable bonds is 4. The number of carbonyl (C=O) groups excluding carboxylic acids is 1. The summed E-state index contributed by atoms with van der Waals surface area (Å²) in [5.74, 6) is 0.627. The second-order valence-corrected chi connectivity index (χ2v) is 6.31. The second-order valence-electron chi connectivity index (χ2n) is 6.31. The summed E-state index contributed by atoms with van der Waals surface area (Å²) in [6.07, 6.45) is 3.54. The summed E-state index contributed by atoms with van der Waals surface area (Å²) in [5, 5.41) is 15.3. The van der Waals surface area contributed by atoms with Crippen LogP contribution in [-0.2, 0) is 11.8 Å². The van der Waals surface area contributed by atoms with E-state index >= 15 is 0 Å². The lowest BCUT2D eigenvalue weighted by Gasteiger charge is -2.19. The highest BCUT2D eigenvalue weighted by atomic mass is 16.5. The van der Waals surface area contributed by atoms with Crippen LogP contribution in [0.1, 0.15) is 34.9 Å². The van der Waals surface area contributed by atoms with Crippen molar-refractivity contribution in [1.29, 1.82) is 0 Å². The Morgan fingerprint density at radius 3 is 2.92 bits per heavy atom. The molecule has 1 aliphatic heterocycles. The third-order valence-electron chi connectivity index (χ3n) is 4.50. The van der Waals surface area contributed by atoms with Crippen LogP contribution < -0.4 is 5.32 Å². The van der Waals surface area contributed by atoms with Crippen LogP contribution in [0.5, 0.6) is 0 Å². The van der Waals surface area contributed by atoms with E-state index in [1.54, 1.807) is 4.68 Å². The van der Waals surface area contributed by atoms with E-state index in [1.807, 2.05) is 43.4 Å². The Labute approximate surface area is 150 Å². The number of aromatic nitrogens is 5. The van der Waals surface area contributed by atoms with Crippen LogP contribution in [0.25, 0.3) is 5.69 Å².